The van der Waals surface area contributed by atoms with E-state index in [1.54, 1.807) is 20.8 Å². The van der Waals surface area contributed by atoms with Crippen LogP contribution >= 0.6 is 0 Å². The van der Waals surface area contributed by atoms with Crippen molar-refractivity contribution in [2.45, 2.75) is 127 Å². The first kappa shape index (κ1) is 31.9. The second-order valence-electron chi connectivity index (χ2n) is 12.5. The van der Waals surface area contributed by atoms with Gasteiger partial charge in [0.25, 0.3) is 5.91 Å². The molecule has 0 aromatic rings. The summed E-state index contributed by atoms with van der Waals surface area (Å²) in [6.45, 7) is 8.52. The highest BCUT2D eigenvalue weighted by Gasteiger charge is 2.61. The lowest BCUT2D eigenvalue weighted by molar-refractivity contribution is -0.141. The zero-order valence-electron chi connectivity index (χ0n) is 24.5. The standard InChI is InChI=1S/C28H46N4O7S/c1-19(2)40(37,38)31-25(35)28-18-20(28)14-11-9-7-6-8-10-12-15-21(29-26(36)39-27(3,4)5)24(34)32-17-13-16-22(32)23(33)30-28/h11,14,19-22H,6-10,12-13,15-18H2,1-5H3,(H,29,36)(H,30,33)(H,31,35)/t20-,21?,22+,28-/m1/s1. The molecule has 40 heavy (non-hydrogen) atoms. The lowest BCUT2D eigenvalue weighted by Crippen LogP contribution is -2.58. The van der Waals surface area contributed by atoms with Crippen LogP contribution in [0.5, 0.6) is 0 Å². The average Bonchev–Trinajstić information content (AvgIpc) is 3.30. The summed E-state index contributed by atoms with van der Waals surface area (Å²) in [4.78, 5) is 54.6. The van der Waals surface area contributed by atoms with E-state index in [2.05, 4.69) is 15.4 Å². The highest BCUT2D eigenvalue weighted by atomic mass is 32.2. The lowest BCUT2D eigenvalue weighted by Gasteiger charge is -2.30. The highest BCUT2D eigenvalue weighted by molar-refractivity contribution is 7.90. The fraction of sp³-hybridized carbons (Fsp3) is 0.786. The number of rotatable bonds is 4. The molecular weight excluding hydrogens is 536 g/mol. The van der Waals surface area contributed by atoms with E-state index in [4.69, 9.17) is 4.74 Å². The second kappa shape index (κ2) is 12.9. The van der Waals surface area contributed by atoms with E-state index in [0.717, 1.165) is 38.5 Å². The first-order chi connectivity index (χ1) is 18.7. The number of ether oxygens (including phenoxy) is 1. The maximum absolute atomic E-state index is 13.7. The summed E-state index contributed by atoms with van der Waals surface area (Å²) >= 11 is 0. The van der Waals surface area contributed by atoms with Crippen molar-refractivity contribution < 1.29 is 32.3 Å². The number of carbonyl (C=O) groups excluding carboxylic acids is 4. The number of amides is 4. The summed E-state index contributed by atoms with van der Waals surface area (Å²) in [6.07, 6.45) is 10.3. The van der Waals surface area contributed by atoms with Crippen molar-refractivity contribution in [2.75, 3.05) is 6.54 Å². The molecule has 2 aliphatic heterocycles. The molecule has 11 nitrogen and oxygen atoms in total. The van der Waals surface area contributed by atoms with Crippen LogP contribution in [0.3, 0.4) is 0 Å². The molecule has 1 saturated carbocycles. The van der Waals surface area contributed by atoms with Crippen molar-refractivity contribution in [2.24, 2.45) is 5.92 Å². The molecule has 3 rings (SSSR count). The van der Waals surface area contributed by atoms with Crippen molar-refractivity contribution >= 4 is 33.8 Å². The minimum Gasteiger partial charge on any atom is -0.444 e. The van der Waals surface area contributed by atoms with E-state index in [1.807, 2.05) is 12.2 Å². The Hall–Kier alpha value is -2.63. The molecule has 1 aliphatic carbocycles. The van der Waals surface area contributed by atoms with Crippen molar-refractivity contribution in [3.8, 4) is 0 Å². The molecule has 2 fully saturated rings. The van der Waals surface area contributed by atoms with Gasteiger partial charge in [0.05, 0.1) is 5.25 Å². The van der Waals surface area contributed by atoms with Crippen molar-refractivity contribution in [3.05, 3.63) is 12.2 Å². The molecule has 4 amide bonds. The van der Waals surface area contributed by atoms with E-state index >= 15 is 0 Å². The van der Waals surface area contributed by atoms with Crippen LogP contribution in [0.4, 0.5) is 4.79 Å². The molecule has 3 N–H and O–H groups in total. The zero-order chi connectivity index (χ0) is 29.7. The smallest absolute Gasteiger partial charge is 0.408 e. The maximum Gasteiger partial charge on any atom is 0.408 e. The van der Waals surface area contributed by atoms with Gasteiger partial charge in [-0.2, -0.15) is 0 Å². The topological polar surface area (TPSA) is 151 Å². The van der Waals surface area contributed by atoms with Crippen molar-refractivity contribution in [1.29, 1.82) is 0 Å². The Kier molecular flexibility index (Phi) is 10.3. The molecule has 0 radical (unpaired) electrons. The second-order valence-corrected chi connectivity index (χ2v) is 14.7. The SMILES string of the molecule is CC(C)S(=O)(=O)NC(=O)[C@@]12C[C@H]1C=CCCCCCCCC(NC(=O)OC(C)(C)C)C(=O)N1CCC[C@H]1C(=O)N2. The third kappa shape index (κ3) is 8.20. The number of fused-ring (bicyclic) bond motifs is 2. The molecule has 3 aliphatic rings. The Bertz CT molecular complexity index is 1100. The summed E-state index contributed by atoms with van der Waals surface area (Å²) < 4.78 is 32.5. The number of hydrogen-bond donors (Lipinski definition) is 3. The van der Waals surface area contributed by atoms with Gasteiger partial charge in [0.2, 0.25) is 21.8 Å². The number of carbonyl (C=O) groups is 4. The molecule has 0 aromatic carbocycles. The Morgan fingerprint density at radius 1 is 1.07 bits per heavy atom. The molecule has 4 atom stereocenters. The van der Waals surface area contributed by atoms with Gasteiger partial charge in [-0.15, -0.1) is 0 Å². The zero-order valence-corrected chi connectivity index (χ0v) is 25.3. The minimum atomic E-state index is -3.90. The van der Waals surface area contributed by atoms with E-state index < -0.39 is 56.4 Å². The minimum absolute atomic E-state index is 0.276. The van der Waals surface area contributed by atoms with Crippen molar-refractivity contribution in [1.82, 2.24) is 20.3 Å². The van der Waals surface area contributed by atoms with E-state index in [0.29, 0.717) is 25.8 Å². The molecule has 1 unspecified atom stereocenters. The lowest BCUT2D eigenvalue weighted by atomic mass is 10.0. The van der Waals surface area contributed by atoms with Gasteiger partial charge in [-0.05, 0) is 73.1 Å². The van der Waals surface area contributed by atoms with E-state index in [1.165, 1.54) is 18.7 Å². The van der Waals surface area contributed by atoms with Gasteiger partial charge in [-0.25, -0.2) is 13.2 Å². The van der Waals surface area contributed by atoms with Crippen LogP contribution in [-0.4, -0.2) is 72.2 Å². The summed E-state index contributed by atoms with van der Waals surface area (Å²) in [5.74, 6) is -1.97. The molecule has 1 saturated heterocycles. The number of nitrogens with zero attached hydrogens (tertiary/aromatic N) is 1. The molecule has 0 bridgehead atoms. The normalized spacial score (nSPS) is 28.6. The molecule has 12 heteroatoms. The number of nitrogens with one attached hydrogen (secondary N) is 3. The largest absolute Gasteiger partial charge is 0.444 e. The summed E-state index contributed by atoms with van der Waals surface area (Å²) in [7, 11) is -3.90. The van der Waals surface area contributed by atoms with Gasteiger partial charge in [0, 0.05) is 12.5 Å². The van der Waals surface area contributed by atoms with Crippen LogP contribution < -0.4 is 15.4 Å². The van der Waals surface area contributed by atoms with Gasteiger partial charge < -0.3 is 20.3 Å². The summed E-state index contributed by atoms with van der Waals surface area (Å²) in [6, 6.07) is -1.68. The Balaban J connectivity index is 1.85. The van der Waals surface area contributed by atoms with Crippen LogP contribution in [0.15, 0.2) is 12.2 Å². The monoisotopic (exact) mass is 582 g/mol. The Labute approximate surface area is 238 Å². The van der Waals surface area contributed by atoms with Crippen LogP contribution in [0.25, 0.3) is 0 Å². The number of allylic oxidation sites excluding steroid dienone is 1. The van der Waals surface area contributed by atoms with E-state index in [-0.39, 0.29) is 18.2 Å². The van der Waals surface area contributed by atoms with Crippen molar-refractivity contribution in [3.63, 3.8) is 0 Å². The first-order valence-corrected chi connectivity index (χ1v) is 16.1. The Morgan fingerprint density at radius 2 is 1.75 bits per heavy atom. The van der Waals surface area contributed by atoms with Gasteiger partial charge in [0.15, 0.2) is 0 Å². The molecule has 0 aromatic heterocycles. The quantitative estimate of drug-likeness (QED) is 0.431. The molecule has 226 valence electrons. The van der Waals surface area contributed by atoms with Crippen LogP contribution in [0.2, 0.25) is 0 Å². The van der Waals surface area contributed by atoms with Crippen LogP contribution in [0, 0.1) is 5.92 Å². The summed E-state index contributed by atoms with van der Waals surface area (Å²) in [5, 5.41) is 4.73. The fourth-order valence-corrected chi connectivity index (χ4v) is 5.91. The van der Waals surface area contributed by atoms with Crippen LogP contribution in [-0.2, 0) is 29.1 Å². The fourth-order valence-electron chi connectivity index (χ4n) is 5.24. The molecule has 0 spiro atoms. The number of alkyl carbamates (subject to hydrolysis) is 1. The maximum atomic E-state index is 13.7. The average molecular weight is 583 g/mol. The third-order valence-electron chi connectivity index (χ3n) is 7.68. The molecular formula is C28H46N4O7S. The van der Waals surface area contributed by atoms with Gasteiger partial charge in [-0.3, -0.25) is 19.1 Å². The third-order valence-corrected chi connectivity index (χ3v) is 9.39. The predicted octanol–water partition coefficient (Wildman–Crippen LogP) is 2.90. The van der Waals surface area contributed by atoms with E-state index in [9.17, 15) is 27.6 Å². The van der Waals surface area contributed by atoms with Gasteiger partial charge in [-0.1, -0.05) is 37.8 Å². The number of sulfonamides is 1. The molecule has 2 heterocycles. The number of hydrogen-bond acceptors (Lipinski definition) is 7. The first-order valence-electron chi connectivity index (χ1n) is 14.5. The van der Waals surface area contributed by atoms with Gasteiger partial charge in [0.1, 0.15) is 23.2 Å². The summed E-state index contributed by atoms with van der Waals surface area (Å²) in [5.41, 5.74) is -2.12. The van der Waals surface area contributed by atoms with Crippen LogP contribution in [0.1, 0.15) is 98.8 Å². The predicted molar refractivity (Wildman–Crippen MR) is 151 cm³/mol. The Morgan fingerprint density at radius 3 is 2.42 bits per heavy atom. The van der Waals surface area contributed by atoms with Gasteiger partial charge >= 0.3 is 6.09 Å². The highest BCUT2D eigenvalue weighted by Crippen LogP contribution is 2.45.